The van der Waals surface area contributed by atoms with Crippen LogP contribution in [0.25, 0.3) is 0 Å². The number of amides is 1. The van der Waals surface area contributed by atoms with Gasteiger partial charge < -0.3 is 9.84 Å². The minimum absolute atomic E-state index is 0.127. The molecule has 0 aliphatic carbocycles. The number of carbonyl (C=O) groups is 2. The van der Waals surface area contributed by atoms with Crippen LogP contribution in [-0.4, -0.2) is 22.1 Å². The van der Waals surface area contributed by atoms with Crippen LogP contribution in [0.3, 0.4) is 0 Å². The van der Waals surface area contributed by atoms with E-state index < -0.39 is 17.0 Å². The Kier molecular flexibility index (Phi) is 4.33. The SMILES string of the molecule is O=C(Nc1cccc([N+](=O)[O-])c1)Oc1ccccc1C(=O)O. The minimum atomic E-state index is -1.24. The average molecular weight is 302 g/mol. The molecule has 0 radical (unpaired) electrons. The number of hydrogen-bond donors (Lipinski definition) is 2. The highest BCUT2D eigenvalue weighted by molar-refractivity contribution is 5.93. The second-order valence-electron chi connectivity index (χ2n) is 4.12. The summed E-state index contributed by atoms with van der Waals surface area (Å²) < 4.78 is 4.91. The largest absolute Gasteiger partial charge is 0.478 e. The number of carboxylic acid groups (broad SMARTS) is 1. The van der Waals surface area contributed by atoms with Crippen molar-refractivity contribution in [2.75, 3.05) is 5.32 Å². The molecule has 112 valence electrons. The Morgan fingerprint density at radius 1 is 1.14 bits per heavy atom. The van der Waals surface area contributed by atoms with E-state index in [0.717, 1.165) is 6.07 Å². The lowest BCUT2D eigenvalue weighted by atomic mass is 10.2. The summed E-state index contributed by atoms with van der Waals surface area (Å²) in [6, 6.07) is 10.9. The van der Waals surface area contributed by atoms with E-state index in [4.69, 9.17) is 9.84 Å². The predicted octanol–water partition coefficient (Wildman–Crippen LogP) is 2.90. The number of carbonyl (C=O) groups excluding carboxylic acids is 1. The van der Waals surface area contributed by atoms with Crippen molar-refractivity contribution >= 4 is 23.4 Å². The predicted molar refractivity (Wildman–Crippen MR) is 76.1 cm³/mol. The molecule has 0 unspecified atom stereocenters. The zero-order valence-corrected chi connectivity index (χ0v) is 11.1. The van der Waals surface area contributed by atoms with Crippen molar-refractivity contribution < 1.29 is 24.4 Å². The van der Waals surface area contributed by atoms with Gasteiger partial charge in [-0.05, 0) is 18.2 Å². The first-order valence-corrected chi connectivity index (χ1v) is 6.03. The highest BCUT2D eigenvalue weighted by Gasteiger charge is 2.14. The number of nitrogens with zero attached hydrogens (tertiary/aromatic N) is 1. The van der Waals surface area contributed by atoms with Gasteiger partial charge in [-0.1, -0.05) is 18.2 Å². The van der Waals surface area contributed by atoms with Crippen molar-refractivity contribution in [3.8, 4) is 5.75 Å². The Bertz CT molecular complexity index is 744. The maximum Gasteiger partial charge on any atom is 0.417 e. The number of non-ortho nitro benzene ring substituents is 1. The van der Waals surface area contributed by atoms with Gasteiger partial charge in [0.2, 0.25) is 0 Å². The summed E-state index contributed by atoms with van der Waals surface area (Å²) in [4.78, 5) is 32.8. The van der Waals surface area contributed by atoms with Crippen molar-refractivity contribution in [3.05, 3.63) is 64.2 Å². The van der Waals surface area contributed by atoms with Crippen LogP contribution in [0.1, 0.15) is 10.4 Å². The molecule has 0 saturated heterocycles. The first kappa shape index (κ1) is 15.0. The smallest absolute Gasteiger partial charge is 0.417 e. The fourth-order valence-corrected chi connectivity index (χ4v) is 1.67. The highest BCUT2D eigenvalue weighted by Crippen LogP contribution is 2.20. The van der Waals surface area contributed by atoms with E-state index in [0.29, 0.717) is 0 Å². The van der Waals surface area contributed by atoms with E-state index in [2.05, 4.69) is 5.32 Å². The van der Waals surface area contributed by atoms with Crippen LogP contribution in [-0.2, 0) is 0 Å². The molecule has 0 atom stereocenters. The number of aromatic carboxylic acids is 1. The van der Waals surface area contributed by atoms with E-state index in [-0.39, 0.29) is 22.7 Å². The first-order chi connectivity index (χ1) is 10.5. The number of ether oxygens (including phenoxy) is 1. The number of nitro groups is 1. The lowest BCUT2D eigenvalue weighted by Gasteiger charge is -2.08. The topological polar surface area (TPSA) is 119 Å². The number of nitrogens with one attached hydrogen (secondary N) is 1. The molecule has 2 aromatic rings. The molecule has 0 bridgehead atoms. The van der Waals surface area contributed by atoms with Crippen LogP contribution < -0.4 is 10.1 Å². The Labute approximate surface area is 124 Å². The first-order valence-electron chi connectivity index (χ1n) is 6.03. The number of rotatable bonds is 4. The third-order valence-corrected chi connectivity index (χ3v) is 2.62. The fraction of sp³-hybridized carbons (Fsp3) is 0. The number of anilines is 1. The van der Waals surface area contributed by atoms with Crippen molar-refractivity contribution in [3.63, 3.8) is 0 Å². The normalized spacial score (nSPS) is 9.82. The van der Waals surface area contributed by atoms with Gasteiger partial charge in [0, 0.05) is 12.1 Å². The van der Waals surface area contributed by atoms with Crippen molar-refractivity contribution in [1.82, 2.24) is 0 Å². The van der Waals surface area contributed by atoms with Crippen LogP contribution in [0.4, 0.5) is 16.2 Å². The second kappa shape index (κ2) is 6.35. The number of nitro benzene ring substituents is 1. The molecule has 0 fully saturated rings. The maximum absolute atomic E-state index is 11.7. The van der Waals surface area contributed by atoms with Crippen LogP contribution in [0.2, 0.25) is 0 Å². The molecule has 8 heteroatoms. The van der Waals surface area contributed by atoms with Gasteiger partial charge in [0.1, 0.15) is 11.3 Å². The number of benzene rings is 2. The molecule has 0 spiro atoms. The van der Waals surface area contributed by atoms with Crippen LogP contribution in [0, 0.1) is 10.1 Å². The summed E-state index contributed by atoms with van der Waals surface area (Å²) in [6.45, 7) is 0. The van der Waals surface area contributed by atoms with Gasteiger partial charge in [0.05, 0.1) is 10.6 Å². The Morgan fingerprint density at radius 2 is 1.86 bits per heavy atom. The van der Waals surface area contributed by atoms with E-state index in [1.807, 2.05) is 0 Å². The standard InChI is InChI=1S/C14H10N2O6/c17-13(18)11-6-1-2-7-12(11)22-14(19)15-9-4-3-5-10(8-9)16(20)21/h1-8H,(H,15,19)(H,17,18). The number of hydrogen-bond acceptors (Lipinski definition) is 5. The average Bonchev–Trinajstić information content (AvgIpc) is 2.47. The molecule has 1 amide bonds. The van der Waals surface area contributed by atoms with E-state index in [9.17, 15) is 19.7 Å². The molecule has 0 saturated carbocycles. The van der Waals surface area contributed by atoms with Gasteiger partial charge >= 0.3 is 12.1 Å². The Hall–Kier alpha value is -3.42. The molecule has 0 aliphatic rings. The van der Waals surface area contributed by atoms with Crippen molar-refractivity contribution in [2.45, 2.75) is 0 Å². The van der Waals surface area contributed by atoms with Gasteiger partial charge in [0.15, 0.2) is 0 Å². The summed E-state index contributed by atoms with van der Waals surface area (Å²) in [5, 5.41) is 21.9. The third-order valence-electron chi connectivity index (χ3n) is 2.62. The molecule has 0 aliphatic heterocycles. The van der Waals surface area contributed by atoms with Gasteiger partial charge in [-0.15, -0.1) is 0 Å². The molecular formula is C14H10N2O6. The summed E-state index contributed by atoms with van der Waals surface area (Å²) in [6.07, 6.45) is -0.950. The van der Waals surface area contributed by atoms with Crippen LogP contribution >= 0.6 is 0 Å². The molecule has 8 nitrogen and oxygen atoms in total. The van der Waals surface area contributed by atoms with Crippen molar-refractivity contribution in [2.24, 2.45) is 0 Å². The van der Waals surface area contributed by atoms with Gasteiger partial charge in [0.25, 0.3) is 5.69 Å². The molecule has 0 aromatic heterocycles. The van der Waals surface area contributed by atoms with Gasteiger partial charge in [-0.3, -0.25) is 15.4 Å². The maximum atomic E-state index is 11.7. The van der Waals surface area contributed by atoms with E-state index >= 15 is 0 Å². The van der Waals surface area contributed by atoms with E-state index in [1.165, 1.54) is 42.5 Å². The minimum Gasteiger partial charge on any atom is -0.478 e. The zero-order chi connectivity index (χ0) is 16.1. The molecular weight excluding hydrogens is 292 g/mol. The zero-order valence-electron chi connectivity index (χ0n) is 11.1. The van der Waals surface area contributed by atoms with Crippen molar-refractivity contribution in [1.29, 1.82) is 0 Å². The van der Waals surface area contributed by atoms with Crippen LogP contribution in [0.15, 0.2) is 48.5 Å². The lowest BCUT2D eigenvalue weighted by molar-refractivity contribution is -0.384. The quantitative estimate of drug-likeness (QED) is 0.662. The Balaban J connectivity index is 2.12. The third kappa shape index (κ3) is 3.57. The summed E-state index contributed by atoms with van der Waals surface area (Å²) in [7, 11) is 0. The highest BCUT2D eigenvalue weighted by atomic mass is 16.6. The molecule has 2 N–H and O–H groups in total. The van der Waals surface area contributed by atoms with E-state index in [1.54, 1.807) is 0 Å². The molecule has 0 heterocycles. The molecule has 22 heavy (non-hydrogen) atoms. The monoisotopic (exact) mass is 302 g/mol. The van der Waals surface area contributed by atoms with Gasteiger partial charge in [-0.25, -0.2) is 9.59 Å². The van der Waals surface area contributed by atoms with Gasteiger partial charge in [-0.2, -0.15) is 0 Å². The number of carboxylic acids is 1. The molecule has 2 rings (SSSR count). The molecule has 2 aromatic carbocycles. The second-order valence-corrected chi connectivity index (χ2v) is 4.12. The number of para-hydroxylation sites is 1. The van der Waals surface area contributed by atoms with Crippen LogP contribution in [0.5, 0.6) is 5.75 Å². The summed E-state index contributed by atoms with van der Waals surface area (Å²) in [5.41, 5.74) is -0.201. The fourth-order valence-electron chi connectivity index (χ4n) is 1.67. The summed E-state index contributed by atoms with van der Waals surface area (Å²) >= 11 is 0. The lowest BCUT2D eigenvalue weighted by Crippen LogP contribution is -2.18. The summed E-state index contributed by atoms with van der Waals surface area (Å²) in [5.74, 6) is -1.36. The Morgan fingerprint density at radius 3 is 2.55 bits per heavy atom.